The number of hydrogen-bond donors (Lipinski definition) is 0. The number of rotatable bonds is 4. The lowest BCUT2D eigenvalue weighted by Gasteiger charge is -2.34. The zero-order chi connectivity index (χ0) is 20.2. The molecule has 0 unspecified atom stereocenters. The van der Waals surface area contributed by atoms with E-state index in [1.54, 1.807) is 35.6 Å². The van der Waals surface area contributed by atoms with Crippen LogP contribution in [0.4, 0.5) is 0 Å². The van der Waals surface area contributed by atoms with Crippen molar-refractivity contribution in [3.63, 3.8) is 0 Å². The molecule has 1 saturated heterocycles. The van der Waals surface area contributed by atoms with Crippen LogP contribution in [-0.2, 0) is 6.54 Å². The molecule has 0 N–H and O–H groups in total. The van der Waals surface area contributed by atoms with Gasteiger partial charge in [-0.1, -0.05) is 23.7 Å². The fourth-order valence-corrected chi connectivity index (χ4v) is 4.28. The molecule has 2 aromatic carbocycles. The van der Waals surface area contributed by atoms with Crippen molar-refractivity contribution in [2.75, 3.05) is 26.2 Å². The van der Waals surface area contributed by atoms with Gasteiger partial charge in [-0.15, -0.1) is 11.3 Å². The predicted molar refractivity (Wildman–Crippen MR) is 115 cm³/mol. The molecule has 4 rings (SSSR count). The summed E-state index contributed by atoms with van der Waals surface area (Å²) in [5.41, 5.74) is 3.23. The highest BCUT2D eigenvalue weighted by atomic mass is 35.5. The Hall–Kier alpha value is -2.72. The lowest BCUT2D eigenvalue weighted by molar-refractivity contribution is 0.0628. The van der Waals surface area contributed by atoms with E-state index < -0.39 is 0 Å². The summed E-state index contributed by atoms with van der Waals surface area (Å²) < 4.78 is 0. The van der Waals surface area contributed by atoms with Crippen LogP contribution in [0.3, 0.4) is 0 Å². The van der Waals surface area contributed by atoms with Gasteiger partial charge in [0.05, 0.1) is 23.9 Å². The molecule has 7 heteroatoms. The SMILES string of the molecule is N#Cc1ccc(C(=O)N2CCN(Cc3nc(-c4ccc(Cl)cc4)cs3)CC2)cc1. The zero-order valence-electron chi connectivity index (χ0n) is 15.7. The number of halogens is 1. The number of nitriles is 1. The van der Waals surface area contributed by atoms with Crippen LogP contribution < -0.4 is 0 Å². The number of benzene rings is 2. The summed E-state index contributed by atoms with van der Waals surface area (Å²) in [6.07, 6.45) is 0. The summed E-state index contributed by atoms with van der Waals surface area (Å²) in [5, 5.41) is 12.7. The normalized spacial score (nSPS) is 14.6. The van der Waals surface area contributed by atoms with Crippen molar-refractivity contribution in [1.82, 2.24) is 14.8 Å². The van der Waals surface area contributed by atoms with Gasteiger partial charge >= 0.3 is 0 Å². The van der Waals surface area contributed by atoms with E-state index in [0.29, 0.717) is 24.2 Å². The van der Waals surface area contributed by atoms with Crippen molar-refractivity contribution in [2.24, 2.45) is 0 Å². The average Bonchev–Trinajstić information content (AvgIpc) is 3.23. The summed E-state index contributed by atoms with van der Waals surface area (Å²) in [4.78, 5) is 21.6. The van der Waals surface area contributed by atoms with Gasteiger partial charge in [0.2, 0.25) is 0 Å². The maximum Gasteiger partial charge on any atom is 0.253 e. The first kappa shape index (κ1) is 19.6. The van der Waals surface area contributed by atoms with Crippen molar-refractivity contribution in [2.45, 2.75) is 6.54 Å². The Kier molecular flexibility index (Phi) is 5.91. The molecule has 1 aliphatic heterocycles. The summed E-state index contributed by atoms with van der Waals surface area (Å²) in [5.74, 6) is 0.0217. The van der Waals surface area contributed by atoms with Crippen LogP contribution in [-0.4, -0.2) is 46.9 Å². The summed E-state index contributed by atoms with van der Waals surface area (Å²) in [7, 11) is 0. The molecule has 1 amide bonds. The van der Waals surface area contributed by atoms with Crippen LogP contribution >= 0.6 is 22.9 Å². The molecule has 0 atom stereocenters. The Balaban J connectivity index is 1.32. The zero-order valence-corrected chi connectivity index (χ0v) is 17.3. The first-order valence-electron chi connectivity index (χ1n) is 9.34. The van der Waals surface area contributed by atoms with Gasteiger partial charge in [-0.25, -0.2) is 4.98 Å². The van der Waals surface area contributed by atoms with E-state index in [1.165, 1.54) is 0 Å². The van der Waals surface area contributed by atoms with Gasteiger partial charge in [0, 0.05) is 47.7 Å². The number of piperazine rings is 1. The molecule has 146 valence electrons. The van der Waals surface area contributed by atoms with E-state index in [2.05, 4.69) is 16.3 Å². The van der Waals surface area contributed by atoms with E-state index in [4.69, 9.17) is 21.8 Å². The maximum absolute atomic E-state index is 12.7. The van der Waals surface area contributed by atoms with Crippen LogP contribution in [0.1, 0.15) is 20.9 Å². The number of carbonyl (C=O) groups is 1. The van der Waals surface area contributed by atoms with Crippen LogP contribution in [0.25, 0.3) is 11.3 Å². The van der Waals surface area contributed by atoms with Gasteiger partial charge in [-0.3, -0.25) is 9.69 Å². The standard InChI is InChI=1S/C22H19ClN4OS/c23-19-7-5-17(6-8-19)20-15-29-21(25-20)14-26-9-11-27(12-10-26)22(28)18-3-1-16(13-24)2-4-18/h1-8,15H,9-12,14H2. The minimum absolute atomic E-state index is 0.0217. The summed E-state index contributed by atoms with van der Waals surface area (Å²) in [6, 6.07) is 16.6. The first-order valence-corrected chi connectivity index (χ1v) is 10.6. The quantitative estimate of drug-likeness (QED) is 0.629. The van der Waals surface area contributed by atoms with E-state index in [0.717, 1.165) is 40.9 Å². The van der Waals surface area contributed by atoms with Crippen molar-refractivity contribution in [3.8, 4) is 17.3 Å². The Morgan fingerprint density at radius 3 is 2.41 bits per heavy atom. The highest BCUT2D eigenvalue weighted by Crippen LogP contribution is 2.24. The molecule has 2 heterocycles. The first-order chi connectivity index (χ1) is 14.1. The van der Waals surface area contributed by atoms with Gasteiger partial charge in [0.15, 0.2) is 0 Å². The molecule has 3 aromatic rings. The summed E-state index contributed by atoms with van der Waals surface area (Å²) >= 11 is 7.61. The molecule has 0 spiro atoms. The molecular weight excluding hydrogens is 404 g/mol. The molecule has 1 fully saturated rings. The number of carbonyl (C=O) groups excluding carboxylic acids is 1. The monoisotopic (exact) mass is 422 g/mol. The fourth-order valence-electron chi connectivity index (χ4n) is 3.31. The van der Waals surface area contributed by atoms with Crippen molar-refractivity contribution in [3.05, 3.63) is 75.1 Å². The molecule has 0 aliphatic carbocycles. The van der Waals surface area contributed by atoms with Gasteiger partial charge in [0.25, 0.3) is 5.91 Å². The minimum Gasteiger partial charge on any atom is -0.336 e. The largest absolute Gasteiger partial charge is 0.336 e. The third-order valence-corrected chi connectivity index (χ3v) is 6.06. The molecule has 0 bridgehead atoms. The Bertz CT molecular complexity index is 1030. The Morgan fingerprint density at radius 1 is 1.07 bits per heavy atom. The van der Waals surface area contributed by atoms with E-state index in [9.17, 15) is 4.79 Å². The highest BCUT2D eigenvalue weighted by Gasteiger charge is 2.22. The Morgan fingerprint density at radius 2 is 1.76 bits per heavy atom. The van der Waals surface area contributed by atoms with Gasteiger partial charge < -0.3 is 4.90 Å². The summed E-state index contributed by atoms with van der Waals surface area (Å²) in [6.45, 7) is 3.80. The molecule has 0 saturated carbocycles. The van der Waals surface area contributed by atoms with Crippen LogP contribution in [0.5, 0.6) is 0 Å². The maximum atomic E-state index is 12.7. The van der Waals surface area contributed by atoms with E-state index >= 15 is 0 Å². The average molecular weight is 423 g/mol. The number of hydrogen-bond acceptors (Lipinski definition) is 5. The van der Waals surface area contributed by atoms with Crippen LogP contribution in [0.15, 0.2) is 53.9 Å². The van der Waals surface area contributed by atoms with Gasteiger partial charge in [0.1, 0.15) is 5.01 Å². The second kappa shape index (κ2) is 8.75. The van der Waals surface area contributed by atoms with Crippen LogP contribution in [0.2, 0.25) is 5.02 Å². The third kappa shape index (κ3) is 4.65. The number of amides is 1. The molecule has 0 radical (unpaired) electrons. The molecule has 1 aliphatic rings. The third-order valence-electron chi connectivity index (χ3n) is 4.97. The highest BCUT2D eigenvalue weighted by molar-refractivity contribution is 7.09. The lowest BCUT2D eigenvalue weighted by atomic mass is 10.1. The number of thiazole rings is 1. The lowest BCUT2D eigenvalue weighted by Crippen LogP contribution is -2.48. The predicted octanol–water partition coefficient (Wildman–Crippen LogP) is 4.29. The second-order valence-electron chi connectivity index (χ2n) is 6.89. The van der Waals surface area contributed by atoms with E-state index in [1.807, 2.05) is 29.2 Å². The van der Waals surface area contributed by atoms with Crippen molar-refractivity contribution >= 4 is 28.8 Å². The van der Waals surface area contributed by atoms with Crippen molar-refractivity contribution in [1.29, 1.82) is 5.26 Å². The smallest absolute Gasteiger partial charge is 0.253 e. The topological polar surface area (TPSA) is 60.2 Å². The van der Waals surface area contributed by atoms with E-state index in [-0.39, 0.29) is 5.91 Å². The van der Waals surface area contributed by atoms with Crippen LogP contribution in [0, 0.1) is 11.3 Å². The number of nitrogens with zero attached hydrogens (tertiary/aromatic N) is 4. The molecule has 1 aromatic heterocycles. The number of aromatic nitrogens is 1. The molecule has 29 heavy (non-hydrogen) atoms. The Labute approximate surface area is 178 Å². The minimum atomic E-state index is 0.0217. The molecular formula is C22H19ClN4OS. The molecule has 5 nitrogen and oxygen atoms in total. The van der Waals surface area contributed by atoms with Crippen molar-refractivity contribution < 1.29 is 4.79 Å². The second-order valence-corrected chi connectivity index (χ2v) is 8.27. The van der Waals surface area contributed by atoms with Gasteiger partial charge in [-0.2, -0.15) is 5.26 Å². The fraction of sp³-hybridized carbons (Fsp3) is 0.227. The van der Waals surface area contributed by atoms with Gasteiger partial charge in [-0.05, 0) is 36.4 Å².